The molecule has 33 heavy (non-hydrogen) atoms. The lowest BCUT2D eigenvalue weighted by atomic mass is 9.91. The van der Waals surface area contributed by atoms with E-state index in [2.05, 4.69) is 20.5 Å². The molecule has 1 aromatic heterocycles. The van der Waals surface area contributed by atoms with Crippen LogP contribution in [0.3, 0.4) is 0 Å². The summed E-state index contributed by atoms with van der Waals surface area (Å²) in [6.45, 7) is 3.11. The summed E-state index contributed by atoms with van der Waals surface area (Å²) >= 11 is 0. The van der Waals surface area contributed by atoms with E-state index < -0.39 is 11.8 Å². The molecule has 8 nitrogen and oxygen atoms in total. The molecule has 0 bridgehead atoms. The maximum absolute atomic E-state index is 12.5. The Bertz CT molecular complexity index is 1050. The summed E-state index contributed by atoms with van der Waals surface area (Å²) in [5.74, 6) is -0.714. The van der Waals surface area contributed by atoms with Crippen LogP contribution >= 0.6 is 0 Å². The first-order valence-corrected chi connectivity index (χ1v) is 11.8. The summed E-state index contributed by atoms with van der Waals surface area (Å²) in [6.07, 6.45) is 8.48. The van der Waals surface area contributed by atoms with Gasteiger partial charge in [0, 0.05) is 56.4 Å². The Labute approximate surface area is 193 Å². The molecule has 2 N–H and O–H groups in total. The lowest BCUT2D eigenvalue weighted by Crippen LogP contribution is -2.42. The summed E-state index contributed by atoms with van der Waals surface area (Å²) in [6, 6.07) is 7.83. The SMILES string of the molecule is O=C(NCC1CCN(c2ccncc2)CC1)C(=O)Nc1cc2c3c(c1)CCC(=O)N3CCC2. The van der Waals surface area contributed by atoms with Crippen LogP contribution in [0, 0.1) is 5.92 Å². The quantitative estimate of drug-likeness (QED) is 0.702. The standard InChI is InChI=1S/C25H29N5O3/c31-22-4-3-19-15-20(14-18-2-1-11-30(22)23(18)19)28-25(33)24(32)27-16-17-7-12-29(13-8-17)21-5-9-26-10-6-21/h5-6,9-10,14-15,17H,1-4,7-8,11-13,16H2,(H,27,32)(H,28,33). The van der Waals surface area contributed by atoms with Crippen molar-refractivity contribution in [2.24, 2.45) is 5.92 Å². The first-order valence-electron chi connectivity index (χ1n) is 11.8. The summed E-state index contributed by atoms with van der Waals surface area (Å²) in [5, 5.41) is 5.57. The van der Waals surface area contributed by atoms with Gasteiger partial charge in [-0.1, -0.05) is 0 Å². The second-order valence-electron chi connectivity index (χ2n) is 9.09. The van der Waals surface area contributed by atoms with Crippen molar-refractivity contribution >= 4 is 34.8 Å². The van der Waals surface area contributed by atoms with Crippen molar-refractivity contribution in [1.29, 1.82) is 0 Å². The molecule has 5 rings (SSSR count). The van der Waals surface area contributed by atoms with Gasteiger partial charge in [0.15, 0.2) is 0 Å². The molecule has 0 aliphatic carbocycles. The molecular weight excluding hydrogens is 418 g/mol. The van der Waals surface area contributed by atoms with Gasteiger partial charge in [0.05, 0.1) is 5.69 Å². The Balaban J connectivity index is 1.14. The van der Waals surface area contributed by atoms with Gasteiger partial charge < -0.3 is 20.4 Å². The number of hydrogen-bond donors (Lipinski definition) is 2. The molecule has 8 heteroatoms. The minimum absolute atomic E-state index is 0.172. The normalized spacial score (nSPS) is 18.0. The van der Waals surface area contributed by atoms with E-state index in [4.69, 9.17) is 0 Å². The average Bonchev–Trinajstić information content (AvgIpc) is 2.85. The molecule has 0 spiro atoms. The van der Waals surface area contributed by atoms with Crippen LogP contribution in [-0.4, -0.2) is 48.9 Å². The number of carbonyl (C=O) groups is 3. The molecule has 1 saturated heterocycles. The number of piperidine rings is 1. The minimum Gasteiger partial charge on any atom is -0.371 e. The van der Waals surface area contributed by atoms with Gasteiger partial charge in [-0.3, -0.25) is 19.4 Å². The van der Waals surface area contributed by atoms with Gasteiger partial charge in [-0.2, -0.15) is 0 Å². The number of benzene rings is 1. The van der Waals surface area contributed by atoms with Gasteiger partial charge in [0.25, 0.3) is 0 Å². The number of nitrogens with zero attached hydrogens (tertiary/aromatic N) is 3. The second-order valence-corrected chi connectivity index (χ2v) is 9.09. The van der Waals surface area contributed by atoms with Crippen LogP contribution in [0.1, 0.15) is 36.8 Å². The highest BCUT2D eigenvalue weighted by molar-refractivity contribution is 6.39. The number of hydrogen-bond acceptors (Lipinski definition) is 5. The highest BCUT2D eigenvalue weighted by Crippen LogP contribution is 2.37. The molecule has 1 fully saturated rings. The van der Waals surface area contributed by atoms with Crippen LogP contribution in [0.5, 0.6) is 0 Å². The first kappa shape index (κ1) is 21.4. The molecule has 0 saturated carbocycles. The fourth-order valence-corrected chi connectivity index (χ4v) is 5.18. The van der Waals surface area contributed by atoms with Crippen LogP contribution in [0.4, 0.5) is 17.1 Å². The lowest BCUT2D eigenvalue weighted by Gasteiger charge is -2.35. The fraction of sp³-hybridized carbons (Fsp3) is 0.440. The maximum Gasteiger partial charge on any atom is 0.313 e. The Hall–Kier alpha value is -3.42. The van der Waals surface area contributed by atoms with Crippen molar-refractivity contribution < 1.29 is 14.4 Å². The Morgan fingerprint density at radius 3 is 2.45 bits per heavy atom. The van der Waals surface area contributed by atoms with E-state index in [0.29, 0.717) is 31.0 Å². The van der Waals surface area contributed by atoms with Crippen LogP contribution in [0.15, 0.2) is 36.7 Å². The topological polar surface area (TPSA) is 94.6 Å². The molecule has 3 aliphatic heterocycles. The van der Waals surface area contributed by atoms with Gasteiger partial charge in [0.1, 0.15) is 0 Å². The minimum atomic E-state index is -0.643. The number of nitrogens with one attached hydrogen (secondary N) is 2. The van der Waals surface area contributed by atoms with E-state index >= 15 is 0 Å². The van der Waals surface area contributed by atoms with Gasteiger partial charge in [-0.25, -0.2) is 0 Å². The molecule has 1 aromatic carbocycles. The maximum atomic E-state index is 12.5. The summed E-state index contributed by atoms with van der Waals surface area (Å²) < 4.78 is 0. The zero-order chi connectivity index (χ0) is 22.8. The molecule has 3 aliphatic rings. The second kappa shape index (κ2) is 9.21. The van der Waals surface area contributed by atoms with Crippen molar-refractivity contribution in [2.45, 2.75) is 38.5 Å². The van der Waals surface area contributed by atoms with Gasteiger partial charge in [-0.15, -0.1) is 0 Å². The van der Waals surface area contributed by atoms with Gasteiger partial charge in [0.2, 0.25) is 5.91 Å². The van der Waals surface area contributed by atoms with E-state index in [9.17, 15) is 14.4 Å². The third-order valence-electron chi connectivity index (χ3n) is 6.93. The molecule has 3 amide bonds. The van der Waals surface area contributed by atoms with Crippen molar-refractivity contribution in [1.82, 2.24) is 10.3 Å². The van der Waals surface area contributed by atoms with E-state index in [0.717, 1.165) is 62.1 Å². The third-order valence-corrected chi connectivity index (χ3v) is 6.93. The average molecular weight is 448 g/mol. The number of pyridine rings is 1. The smallest absolute Gasteiger partial charge is 0.313 e. The molecule has 2 aromatic rings. The molecule has 0 radical (unpaired) electrons. The van der Waals surface area contributed by atoms with Crippen LogP contribution in [0.25, 0.3) is 0 Å². The molecule has 0 unspecified atom stereocenters. The van der Waals surface area contributed by atoms with Crippen molar-refractivity contribution in [3.63, 3.8) is 0 Å². The van der Waals surface area contributed by atoms with Crippen molar-refractivity contribution in [2.75, 3.05) is 41.3 Å². The lowest BCUT2D eigenvalue weighted by molar-refractivity contribution is -0.136. The summed E-state index contributed by atoms with van der Waals surface area (Å²) in [7, 11) is 0. The number of carbonyl (C=O) groups excluding carboxylic acids is 3. The Morgan fingerprint density at radius 2 is 1.70 bits per heavy atom. The molecule has 4 heterocycles. The zero-order valence-corrected chi connectivity index (χ0v) is 18.7. The third kappa shape index (κ3) is 4.55. The van der Waals surface area contributed by atoms with E-state index in [1.807, 2.05) is 29.2 Å². The van der Waals surface area contributed by atoms with Gasteiger partial charge >= 0.3 is 11.8 Å². The highest BCUT2D eigenvalue weighted by Gasteiger charge is 2.30. The van der Waals surface area contributed by atoms with Crippen molar-refractivity contribution in [3.05, 3.63) is 47.8 Å². The Kier molecular flexibility index (Phi) is 5.98. The monoisotopic (exact) mass is 447 g/mol. The summed E-state index contributed by atoms with van der Waals surface area (Å²) in [4.78, 5) is 45.4. The number of aryl methyl sites for hydroxylation is 2. The molecule has 172 valence electrons. The number of aromatic nitrogens is 1. The summed E-state index contributed by atoms with van der Waals surface area (Å²) in [5.41, 5.74) is 4.96. The first-order chi connectivity index (χ1) is 16.1. The van der Waals surface area contributed by atoms with Crippen molar-refractivity contribution in [3.8, 4) is 0 Å². The number of amides is 3. The van der Waals surface area contributed by atoms with E-state index in [1.54, 1.807) is 12.4 Å². The van der Waals surface area contributed by atoms with Crippen LogP contribution in [-0.2, 0) is 27.2 Å². The number of rotatable bonds is 4. The Morgan fingerprint density at radius 1 is 0.970 bits per heavy atom. The molecular formula is C25H29N5O3. The zero-order valence-electron chi connectivity index (χ0n) is 18.7. The predicted molar refractivity (Wildman–Crippen MR) is 126 cm³/mol. The largest absolute Gasteiger partial charge is 0.371 e. The fourth-order valence-electron chi connectivity index (χ4n) is 5.18. The number of anilines is 3. The van der Waals surface area contributed by atoms with E-state index in [-0.39, 0.29) is 5.91 Å². The van der Waals surface area contributed by atoms with E-state index in [1.165, 1.54) is 5.69 Å². The molecule has 0 atom stereocenters. The highest BCUT2D eigenvalue weighted by atomic mass is 16.2. The van der Waals surface area contributed by atoms with Crippen LogP contribution < -0.4 is 20.4 Å². The van der Waals surface area contributed by atoms with Gasteiger partial charge in [-0.05, 0) is 73.4 Å². The van der Waals surface area contributed by atoms with Crippen LogP contribution in [0.2, 0.25) is 0 Å². The predicted octanol–water partition coefficient (Wildman–Crippen LogP) is 2.28.